The van der Waals surface area contributed by atoms with Gasteiger partial charge >= 0.3 is 5.97 Å². The Morgan fingerprint density at radius 2 is 2.11 bits per heavy atom. The molecule has 2 rings (SSSR count). The molecule has 1 amide bonds. The number of fused-ring (bicyclic) bond motifs is 1. The number of benzene rings is 1. The van der Waals surface area contributed by atoms with E-state index in [-0.39, 0.29) is 29.8 Å². The van der Waals surface area contributed by atoms with Gasteiger partial charge in [0.2, 0.25) is 5.91 Å². The fraction of sp³-hybridized carbons (Fsp3) is 0.308. The summed E-state index contributed by atoms with van der Waals surface area (Å²) in [6, 6.07) is 5.00. The summed E-state index contributed by atoms with van der Waals surface area (Å²) >= 11 is 1.40. The van der Waals surface area contributed by atoms with Gasteiger partial charge in [-0.3, -0.25) is 14.4 Å². The third-order valence-electron chi connectivity index (χ3n) is 2.80. The van der Waals surface area contributed by atoms with E-state index >= 15 is 0 Å². The molecule has 100 valence electrons. The lowest BCUT2D eigenvalue weighted by atomic mass is 10.1. The van der Waals surface area contributed by atoms with Crippen molar-refractivity contribution in [2.24, 2.45) is 0 Å². The van der Waals surface area contributed by atoms with Gasteiger partial charge in [0.15, 0.2) is 5.78 Å². The van der Waals surface area contributed by atoms with Crippen LogP contribution in [0.2, 0.25) is 0 Å². The number of ketones is 1. The van der Waals surface area contributed by atoms with E-state index in [0.29, 0.717) is 11.3 Å². The Morgan fingerprint density at radius 3 is 2.79 bits per heavy atom. The number of nitrogens with one attached hydrogen (secondary N) is 1. The van der Waals surface area contributed by atoms with Crippen LogP contribution in [-0.2, 0) is 9.59 Å². The number of carboxylic acids is 1. The van der Waals surface area contributed by atoms with Gasteiger partial charge in [-0.2, -0.15) is 0 Å². The maximum atomic E-state index is 11.8. The number of anilines is 1. The molecule has 1 heterocycles. The molecule has 0 saturated heterocycles. The molecule has 19 heavy (non-hydrogen) atoms. The van der Waals surface area contributed by atoms with Gasteiger partial charge in [0.1, 0.15) is 0 Å². The lowest BCUT2D eigenvalue weighted by Gasteiger charge is -2.21. The third-order valence-corrected chi connectivity index (χ3v) is 3.96. The molecular formula is C13H13NO4S. The fourth-order valence-corrected chi connectivity index (χ4v) is 2.73. The van der Waals surface area contributed by atoms with Gasteiger partial charge in [0.25, 0.3) is 0 Å². The van der Waals surface area contributed by atoms with Crippen LogP contribution in [0.15, 0.2) is 23.1 Å². The van der Waals surface area contributed by atoms with Crippen molar-refractivity contribution in [1.82, 2.24) is 0 Å². The molecule has 5 nitrogen and oxygen atoms in total. The zero-order valence-electron chi connectivity index (χ0n) is 10.3. The maximum absolute atomic E-state index is 11.8. The molecule has 2 N–H and O–H groups in total. The first-order valence-electron chi connectivity index (χ1n) is 5.84. The van der Waals surface area contributed by atoms with Gasteiger partial charge in [0.05, 0.1) is 17.4 Å². The van der Waals surface area contributed by atoms with E-state index in [4.69, 9.17) is 5.11 Å². The number of carboxylic acid groups (broad SMARTS) is 1. The Kier molecular flexibility index (Phi) is 3.90. The highest BCUT2D eigenvalue weighted by molar-refractivity contribution is 8.00. The normalized spacial score (nSPS) is 17.5. The van der Waals surface area contributed by atoms with Crippen molar-refractivity contribution in [3.8, 4) is 0 Å². The minimum Gasteiger partial charge on any atom is -0.481 e. The standard InChI is InChI=1S/C13H13NO4S/c1-7-13(18)14-9-3-2-8(6-11(9)19-7)10(15)4-5-12(16)17/h2-3,6-7H,4-5H2,1H3,(H,14,18)(H,16,17). The minimum absolute atomic E-state index is 0.0132. The lowest BCUT2D eigenvalue weighted by molar-refractivity contribution is -0.137. The summed E-state index contributed by atoms with van der Waals surface area (Å²) in [6.07, 6.45) is -0.184. The minimum atomic E-state index is -0.985. The predicted octanol–water partition coefficient (Wildman–Crippen LogP) is 2.17. The number of hydrogen-bond acceptors (Lipinski definition) is 4. The average Bonchev–Trinajstić information content (AvgIpc) is 2.36. The molecular weight excluding hydrogens is 266 g/mol. The summed E-state index contributed by atoms with van der Waals surface area (Å²) in [4.78, 5) is 34.6. The van der Waals surface area contributed by atoms with E-state index in [2.05, 4.69) is 5.32 Å². The van der Waals surface area contributed by atoms with E-state index in [1.165, 1.54) is 11.8 Å². The first-order valence-corrected chi connectivity index (χ1v) is 6.72. The van der Waals surface area contributed by atoms with Crippen molar-refractivity contribution in [2.45, 2.75) is 29.9 Å². The number of carbonyl (C=O) groups excluding carboxylic acids is 2. The van der Waals surface area contributed by atoms with Crippen LogP contribution in [0, 0.1) is 0 Å². The highest BCUT2D eigenvalue weighted by Crippen LogP contribution is 2.36. The Morgan fingerprint density at radius 1 is 1.37 bits per heavy atom. The van der Waals surface area contributed by atoms with Gasteiger partial charge < -0.3 is 10.4 Å². The van der Waals surface area contributed by atoms with Crippen molar-refractivity contribution in [3.63, 3.8) is 0 Å². The largest absolute Gasteiger partial charge is 0.481 e. The Hall–Kier alpha value is -1.82. The molecule has 0 fully saturated rings. The van der Waals surface area contributed by atoms with E-state index in [9.17, 15) is 14.4 Å². The van der Waals surface area contributed by atoms with Gasteiger partial charge in [-0.15, -0.1) is 11.8 Å². The number of thioether (sulfide) groups is 1. The van der Waals surface area contributed by atoms with Crippen LogP contribution >= 0.6 is 11.8 Å². The van der Waals surface area contributed by atoms with Crippen LogP contribution < -0.4 is 5.32 Å². The Balaban J connectivity index is 2.17. The summed E-state index contributed by atoms with van der Waals surface area (Å²) in [5.74, 6) is -1.24. The molecule has 1 unspecified atom stereocenters. The molecule has 0 radical (unpaired) electrons. The highest BCUT2D eigenvalue weighted by atomic mass is 32.2. The molecule has 0 aromatic heterocycles. The molecule has 1 aromatic carbocycles. The molecule has 6 heteroatoms. The van der Waals surface area contributed by atoms with E-state index in [1.54, 1.807) is 25.1 Å². The number of aliphatic carboxylic acids is 1. The van der Waals surface area contributed by atoms with Crippen LogP contribution in [0.5, 0.6) is 0 Å². The SMILES string of the molecule is CC1Sc2cc(C(=O)CCC(=O)O)ccc2NC1=O. The topological polar surface area (TPSA) is 83.5 Å². The van der Waals surface area contributed by atoms with Crippen molar-refractivity contribution < 1.29 is 19.5 Å². The second kappa shape index (κ2) is 5.44. The summed E-state index contributed by atoms with van der Waals surface area (Å²) in [6.45, 7) is 1.79. The second-order valence-electron chi connectivity index (χ2n) is 4.28. The lowest BCUT2D eigenvalue weighted by Crippen LogP contribution is -2.26. The van der Waals surface area contributed by atoms with Gasteiger partial charge in [-0.05, 0) is 25.1 Å². The number of Topliss-reactive ketones (excluding diaryl/α,β-unsaturated/α-hetero) is 1. The summed E-state index contributed by atoms with van der Waals surface area (Å²) in [5, 5.41) is 11.1. The molecule has 0 aliphatic carbocycles. The number of hydrogen-bond donors (Lipinski definition) is 2. The van der Waals surface area contributed by atoms with Crippen molar-refractivity contribution in [1.29, 1.82) is 0 Å². The maximum Gasteiger partial charge on any atom is 0.303 e. The number of amides is 1. The monoisotopic (exact) mass is 279 g/mol. The quantitative estimate of drug-likeness (QED) is 0.825. The molecule has 1 aliphatic rings. The second-order valence-corrected chi connectivity index (χ2v) is 5.66. The van der Waals surface area contributed by atoms with Crippen LogP contribution in [-0.4, -0.2) is 28.0 Å². The third kappa shape index (κ3) is 3.14. The average molecular weight is 279 g/mol. The number of rotatable bonds is 4. The zero-order chi connectivity index (χ0) is 14.0. The van der Waals surface area contributed by atoms with Gasteiger partial charge in [-0.1, -0.05) is 0 Å². The smallest absolute Gasteiger partial charge is 0.303 e. The fourth-order valence-electron chi connectivity index (χ4n) is 1.74. The van der Waals surface area contributed by atoms with E-state index in [0.717, 1.165) is 4.90 Å². The van der Waals surface area contributed by atoms with Gasteiger partial charge in [0, 0.05) is 16.9 Å². The van der Waals surface area contributed by atoms with Crippen LogP contribution in [0.25, 0.3) is 0 Å². The van der Waals surface area contributed by atoms with Crippen molar-refractivity contribution >= 4 is 35.1 Å². The van der Waals surface area contributed by atoms with Crippen molar-refractivity contribution in [2.75, 3.05) is 5.32 Å². The zero-order valence-corrected chi connectivity index (χ0v) is 11.1. The summed E-state index contributed by atoms with van der Waals surface area (Å²) < 4.78 is 0. The highest BCUT2D eigenvalue weighted by Gasteiger charge is 2.23. The van der Waals surface area contributed by atoms with E-state index < -0.39 is 5.97 Å². The summed E-state index contributed by atoms with van der Waals surface area (Å²) in [7, 11) is 0. The van der Waals surface area contributed by atoms with Crippen LogP contribution in [0.3, 0.4) is 0 Å². The Bertz CT molecular complexity index is 556. The molecule has 1 atom stereocenters. The molecule has 0 bridgehead atoms. The van der Waals surface area contributed by atoms with Gasteiger partial charge in [-0.25, -0.2) is 0 Å². The summed E-state index contributed by atoms with van der Waals surface area (Å²) in [5.41, 5.74) is 1.18. The molecule has 1 aliphatic heterocycles. The first kappa shape index (κ1) is 13.6. The molecule has 0 saturated carbocycles. The molecule has 0 spiro atoms. The molecule has 1 aromatic rings. The van der Waals surface area contributed by atoms with Crippen LogP contribution in [0.1, 0.15) is 30.1 Å². The predicted molar refractivity (Wildman–Crippen MR) is 71.6 cm³/mol. The number of carbonyl (C=O) groups is 3. The van der Waals surface area contributed by atoms with Crippen molar-refractivity contribution in [3.05, 3.63) is 23.8 Å². The Labute approximate surface area is 114 Å². The first-order chi connectivity index (χ1) is 8.97. The van der Waals surface area contributed by atoms with Crippen LogP contribution in [0.4, 0.5) is 5.69 Å². The van der Waals surface area contributed by atoms with E-state index in [1.807, 2.05) is 0 Å².